The average molecular weight is 339 g/mol. The summed E-state index contributed by atoms with van der Waals surface area (Å²) in [5, 5.41) is 2.48. The van der Waals surface area contributed by atoms with Gasteiger partial charge in [-0.3, -0.25) is 4.98 Å². The molecule has 0 aromatic carbocycles. The van der Waals surface area contributed by atoms with Crippen LogP contribution in [-0.2, 0) is 0 Å². The van der Waals surface area contributed by atoms with Crippen molar-refractivity contribution in [2.45, 2.75) is 0 Å². The molecule has 2 N–H and O–H groups in total. The van der Waals surface area contributed by atoms with Gasteiger partial charge in [0, 0.05) is 11.6 Å². The first-order chi connectivity index (χ1) is 5.86. The molecule has 0 aliphatic rings. The lowest BCUT2D eigenvalue weighted by atomic mass is 10.3. The van der Waals surface area contributed by atoms with Crippen molar-refractivity contribution in [1.82, 2.24) is 9.97 Å². The summed E-state index contributed by atoms with van der Waals surface area (Å²) in [5.41, 5.74) is 7.21. The largest absolute Gasteiger partial charge is 0.375 e. The normalized spacial score (nSPS) is 8.57. The number of aromatic nitrogens is 2. The molecule has 0 fully saturated rings. The maximum atomic E-state index is 5.50. The van der Waals surface area contributed by atoms with Gasteiger partial charge in [-0.2, -0.15) is 0 Å². The van der Waals surface area contributed by atoms with Crippen LogP contribution in [0.2, 0.25) is 0 Å². The zero-order chi connectivity index (χ0) is 8.39. The molecule has 0 unspecified atom stereocenters. The predicted molar refractivity (Wildman–Crippen MR) is 70.4 cm³/mol. The molecule has 0 atom stereocenters. The highest BCUT2D eigenvalue weighted by molar-refractivity contribution is 8.93. The molecule has 0 amide bonds. The Morgan fingerprint density at radius 1 is 1.14 bits per heavy atom. The Labute approximate surface area is 107 Å². The van der Waals surface area contributed by atoms with Gasteiger partial charge in [-0.1, -0.05) is 6.07 Å². The minimum Gasteiger partial charge on any atom is -0.375 e. The smallest absolute Gasteiger partial charge is 0.180 e. The summed E-state index contributed by atoms with van der Waals surface area (Å²) in [6, 6.07) is 5.71. The van der Waals surface area contributed by atoms with Gasteiger partial charge in [-0.25, -0.2) is 4.98 Å². The molecule has 2 aromatic rings. The number of nitrogens with two attached hydrogens (primary N) is 1. The van der Waals surface area contributed by atoms with E-state index < -0.39 is 0 Å². The van der Waals surface area contributed by atoms with Crippen LogP contribution in [0, 0.1) is 0 Å². The van der Waals surface area contributed by atoms with Crippen molar-refractivity contribution in [3.63, 3.8) is 0 Å². The lowest BCUT2D eigenvalue weighted by molar-refractivity contribution is 1.28. The van der Waals surface area contributed by atoms with Gasteiger partial charge in [0.25, 0.3) is 0 Å². The Balaban J connectivity index is 0.000000845. The number of pyridine rings is 1. The van der Waals surface area contributed by atoms with Gasteiger partial charge in [0.05, 0.1) is 5.69 Å². The van der Waals surface area contributed by atoms with E-state index in [1.807, 2.05) is 23.6 Å². The summed E-state index contributed by atoms with van der Waals surface area (Å²) >= 11 is 1.43. The number of nitrogen functional groups attached to an aromatic ring is 1. The maximum absolute atomic E-state index is 5.50. The molecule has 3 nitrogen and oxygen atoms in total. The van der Waals surface area contributed by atoms with Gasteiger partial charge in [0.15, 0.2) is 5.13 Å². The third-order valence-corrected chi connectivity index (χ3v) is 2.12. The first-order valence-electron chi connectivity index (χ1n) is 3.48. The summed E-state index contributed by atoms with van der Waals surface area (Å²) in [4.78, 5) is 8.27. The van der Waals surface area contributed by atoms with Crippen molar-refractivity contribution >= 4 is 50.4 Å². The van der Waals surface area contributed by atoms with Gasteiger partial charge < -0.3 is 5.73 Å². The molecule has 76 valence electrons. The SMILES string of the molecule is Br.Br.Nc1nc(-c2ccccn2)cs1. The van der Waals surface area contributed by atoms with Gasteiger partial charge in [-0.05, 0) is 12.1 Å². The number of anilines is 1. The zero-order valence-corrected chi connectivity index (χ0v) is 11.3. The Morgan fingerprint density at radius 2 is 1.93 bits per heavy atom. The quantitative estimate of drug-likeness (QED) is 0.869. The standard InChI is InChI=1S/C8H7N3S.2BrH/c9-8-11-7(5-12-8)6-3-1-2-4-10-6;;/h1-5H,(H2,9,11);2*1H. The van der Waals surface area contributed by atoms with Crippen LogP contribution in [-0.4, -0.2) is 9.97 Å². The summed E-state index contributed by atoms with van der Waals surface area (Å²) in [6.45, 7) is 0. The molecular weight excluding hydrogens is 330 g/mol. The average Bonchev–Trinajstić information content (AvgIpc) is 2.54. The molecule has 0 saturated carbocycles. The molecule has 6 heteroatoms. The highest BCUT2D eigenvalue weighted by Crippen LogP contribution is 2.20. The Morgan fingerprint density at radius 3 is 2.43 bits per heavy atom. The molecule has 0 saturated heterocycles. The summed E-state index contributed by atoms with van der Waals surface area (Å²) in [7, 11) is 0. The molecule has 2 heterocycles. The van der Waals surface area contributed by atoms with E-state index in [-0.39, 0.29) is 34.0 Å². The second-order valence-electron chi connectivity index (χ2n) is 2.29. The van der Waals surface area contributed by atoms with Crippen molar-refractivity contribution < 1.29 is 0 Å². The van der Waals surface area contributed by atoms with Crippen LogP contribution in [0.1, 0.15) is 0 Å². The van der Waals surface area contributed by atoms with Gasteiger partial charge in [0.2, 0.25) is 0 Å². The molecule has 2 rings (SSSR count). The first kappa shape index (κ1) is 13.5. The highest BCUT2D eigenvalue weighted by atomic mass is 79.9. The van der Waals surface area contributed by atoms with Crippen LogP contribution in [0.25, 0.3) is 11.4 Å². The Bertz CT molecular complexity index is 377. The summed E-state index contributed by atoms with van der Waals surface area (Å²) < 4.78 is 0. The maximum Gasteiger partial charge on any atom is 0.180 e. The fourth-order valence-corrected chi connectivity index (χ4v) is 1.48. The lowest BCUT2D eigenvalue weighted by Gasteiger charge is -1.91. The van der Waals surface area contributed by atoms with Crippen molar-refractivity contribution in [1.29, 1.82) is 0 Å². The second-order valence-corrected chi connectivity index (χ2v) is 3.18. The first-order valence-corrected chi connectivity index (χ1v) is 4.36. The van der Waals surface area contributed by atoms with Crippen molar-refractivity contribution in [3.05, 3.63) is 29.8 Å². The number of rotatable bonds is 1. The molecule has 0 spiro atoms. The van der Waals surface area contributed by atoms with E-state index in [2.05, 4.69) is 9.97 Å². The molecular formula is C8H9Br2N3S. The topological polar surface area (TPSA) is 51.8 Å². The minimum absolute atomic E-state index is 0. The lowest BCUT2D eigenvalue weighted by Crippen LogP contribution is -1.84. The monoisotopic (exact) mass is 337 g/mol. The van der Waals surface area contributed by atoms with Crippen LogP contribution >= 0.6 is 45.3 Å². The van der Waals surface area contributed by atoms with Crippen molar-refractivity contribution in [2.75, 3.05) is 5.73 Å². The second kappa shape index (κ2) is 6.10. The molecule has 0 bridgehead atoms. The summed E-state index contributed by atoms with van der Waals surface area (Å²) in [5.74, 6) is 0. The van der Waals surface area contributed by atoms with Crippen LogP contribution in [0.15, 0.2) is 29.8 Å². The number of hydrogen-bond acceptors (Lipinski definition) is 4. The van der Waals surface area contributed by atoms with Crippen LogP contribution in [0.3, 0.4) is 0 Å². The predicted octanol–water partition coefficient (Wildman–Crippen LogP) is 2.94. The molecule has 14 heavy (non-hydrogen) atoms. The van der Waals surface area contributed by atoms with E-state index in [9.17, 15) is 0 Å². The molecule has 0 radical (unpaired) electrons. The van der Waals surface area contributed by atoms with Crippen LogP contribution in [0.5, 0.6) is 0 Å². The van der Waals surface area contributed by atoms with Crippen molar-refractivity contribution in [3.8, 4) is 11.4 Å². The van der Waals surface area contributed by atoms with E-state index in [0.29, 0.717) is 5.13 Å². The molecule has 0 aliphatic carbocycles. The van der Waals surface area contributed by atoms with Gasteiger partial charge >= 0.3 is 0 Å². The number of thiazole rings is 1. The Hall–Kier alpha value is -0.460. The third-order valence-electron chi connectivity index (χ3n) is 1.45. The minimum atomic E-state index is 0. The highest BCUT2D eigenvalue weighted by Gasteiger charge is 2.01. The van der Waals surface area contributed by atoms with Crippen LogP contribution in [0.4, 0.5) is 5.13 Å². The summed E-state index contributed by atoms with van der Waals surface area (Å²) in [6.07, 6.45) is 1.74. The molecule has 0 aliphatic heterocycles. The third kappa shape index (κ3) is 3.04. The van der Waals surface area contributed by atoms with E-state index in [1.54, 1.807) is 6.20 Å². The number of halogens is 2. The van der Waals surface area contributed by atoms with E-state index in [4.69, 9.17) is 5.73 Å². The fraction of sp³-hybridized carbons (Fsp3) is 0. The number of hydrogen-bond donors (Lipinski definition) is 1. The number of nitrogens with zero attached hydrogens (tertiary/aromatic N) is 2. The zero-order valence-electron chi connectivity index (χ0n) is 7.08. The Kier molecular flexibility index (Phi) is 5.90. The van der Waals surface area contributed by atoms with Gasteiger partial charge in [-0.15, -0.1) is 45.3 Å². The van der Waals surface area contributed by atoms with E-state index >= 15 is 0 Å². The van der Waals surface area contributed by atoms with Crippen molar-refractivity contribution in [2.24, 2.45) is 0 Å². The van der Waals surface area contributed by atoms with Gasteiger partial charge in [0.1, 0.15) is 5.69 Å². The van der Waals surface area contributed by atoms with E-state index in [0.717, 1.165) is 11.4 Å². The molecule has 2 aromatic heterocycles. The van der Waals surface area contributed by atoms with E-state index in [1.165, 1.54) is 11.3 Å². The fourth-order valence-electron chi connectivity index (χ4n) is 0.920. The van der Waals surface area contributed by atoms with Crippen LogP contribution < -0.4 is 5.73 Å².